The van der Waals surface area contributed by atoms with Crippen LogP contribution >= 0.6 is 11.8 Å². The molecule has 0 bridgehead atoms. The molecule has 5 nitrogen and oxygen atoms in total. The number of benzene rings is 3. The number of thioether (sulfide) groups is 1. The number of sulfonamides is 1. The number of hydrogen-bond donors (Lipinski definition) is 1. The minimum absolute atomic E-state index is 0.00421. The first-order valence-electron chi connectivity index (χ1n) is 8.72. The van der Waals surface area contributed by atoms with E-state index in [0.29, 0.717) is 27.9 Å². The van der Waals surface area contributed by atoms with Gasteiger partial charge in [-0.3, -0.25) is 4.79 Å². The maximum Gasteiger partial charge on any atom is 0.238 e. The molecule has 0 aliphatic heterocycles. The largest absolute Gasteiger partial charge is 0.455 e. The Morgan fingerprint density at radius 1 is 0.897 bits per heavy atom. The van der Waals surface area contributed by atoms with Crippen molar-refractivity contribution in [3.8, 4) is 22.5 Å². The maximum atomic E-state index is 13.4. The maximum absolute atomic E-state index is 13.4. The average molecular weight is 424 g/mol. The van der Waals surface area contributed by atoms with Crippen molar-refractivity contribution in [2.45, 2.75) is 9.79 Å². The topological polar surface area (TPSA) is 90.4 Å². The fourth-order valence-electron chi connectivity index (χ4n) is 3.24. The van der Waals surface area contributed by atoms with Gasteiger partial charge in [0.2, 0.25) is 15.5 Å². The number of hydrogen-bond acceptors (Lipinski definition) is 5. The van der Waals surface area contributed by atoms with Gasteiger partial charge in [0, 0.05) is 16.0 Å². The number of para-hydroxylation sites is 1. The third kappa shape index (κ3) is 3.60. The van der Waals surface area contributed by atoms with E-state index in [4.69, 9.17) is 9.56 Å². The monoisotopic (exact) mass is 423 g/mol. The zero-order valence-corrected chi connectivity index (χ0v) is 17.1. The SMILES string of the molecule is CSc1ccccc1-c1c(-c2ccc(S(N)(=O)=O)cc2)oc2ccccc2c1=O. The fraction of sp³-hybridized carbons (Fsp3) is 0.0455. The van der Waals surface area contributed by atoms with E-state index in [2.05, 4.69) is 0 Å². The zero-order chi connectivity index (χ0) is 20.6. The molecule has 0 spiro atoms. The molecule has 0 aliphatic carbocycles. The van der Waals surface area contributed by atoms with Gasteiger partial charge < -0.3 is 4.42 Å². The summed E-state index contributed by atoms with van der Waals surface area (Å²) >= 11 is 1.54. The molecule has 29 heavy (non-hydrogen) atoms. The molecule has 3 aromatic carbocycles. The van der Waals surface area contributed by atoms with E-state index < -0.39 is 10.0 Å². The molecule has 0 saturated heterocycles. The molecule has 0 fully saturated rings. The highest BCUT2D eigenvalue weighted by molar-refractivity contribution is 7.98. The van der Waals surface area contributed by atoms with Crippen LogP contribution < -0.4 is 10.6 Å². The van der Waals surface area contributed by atoms with E-state index in [1.165, 1.54) is 23.9 Å². The summed E-state index contributed by atoms with van der Waals surface area (Å²) in [6.45, 7) is 0. The lowest BCUT2D eigenvalue weighted by molar-refractivity contribution is 0.597. The Bertz CT molecular complexity index is 1370. The van der Waals surface area contributed by atoms with Crippen LogP contribution in [0.15, 0.2) is 91.8 Å². The summed E-state index contributed by atoms with van der Waals surface area (Å²) in [6, 6.07) is 20.7. The molecule has 146 valence electrons. The Morgan fingerprint density at radius 3 is 2.24 bits per heavy atom. The van der Waals surface area contributed by atoms with Crippen molar-refractivity contribution in [3.63, 3.8) is 0 Å². The lowest BCUT2D eigenvalue weighted by Gasteiger charge is -2.13. The van der Waals surface area contributed by atoms with Crippen LogP contribution in [0.1, 0.15) is 0 Å². The number of nitrogens with two attached hydrogens (primary N) is 1. The van der Waals surface area contributed by atoms with Gasteiger partial charge in [-0.1, -0.05) is 30.3 Å². The molecule has 0 saturated carbocycles. The van der Waals surface area contributed by atoms with E-state index in [1.807, 2.05) is 30.5 Å². The number of fused-ring (bicyclic) bond motifs is 1. The third-order valence-electron chi connectivity index (χ3n) is 4.62. The van der Waals surface area contributed by atoms with Crippen LogP contribution in [-0.4, -0.2) is 14.7 Å². The molecule has 0 atom stereocenters. The normalized spacial score (nSPS) is 11.7. The van der Waals surface area contributed by atoms with E-state index in [9.17, 15) is 13.2 Å². The van der Waals surface area contributed by atoms with E-state index in [0.717, 1.165) is 10.5 Å². The summed E-state index contributed by atoms with van der Waals surface area (Å²) in [5.74, 6) is 0.385. The summed E-state index contributed by atoms with van der Waals surface area (Å²) in [5, 5.41) is 5.69. The van der Waals surface area contributed by atoms with Gasteiger partial charge in [0.05, 0.1) is 15.8 Å². The van der Waals surface area contributed by atoms with Crippen molar-refractivity contribution in [3.05, 3.63) is 83.0 Å². The molecule has 7 heteroatoms. The minimum Gasteiger partial charge on any atom is -0.455 e. The second-order valence-electron chi connectivity index (χ2n) is 6.40. The molecule has 1 aromatic heterocycles. The van der Waals surface area contributed by atoms with E-state index >= 15 is 0 Å². The molecule has 1 heterocycles. The Hall–Kier alpha value is -2.87. The fourth-order valence-corrected chi connectivity index (χ4v) is 4.36. The van der Waals surface area contributed by atoms with Crippen molar-refractivity contribution in [1.29, 1.82) is 0 Å². The van der Waals surface area contributed by atoms with E-state index in [1.54, 1.807) is 36.4 Å². The molecular weight excluding hydrogens is 406 g/mol. The Balaban J connectivity index is 2.06. The average Bonchev–Trinajstić information content (AvgIpc) is 2.73. The highest BCUT2D eigenvalue weighted by atomic mass is 32.2. The van der Waals surface area contributed by atoms with Crippen LogP contribution in [0.2, 0.25) is 0 Å². The lowest BCUT2D eigenvalue weighted by Crippen LogP contribution is -2.12. The second kappa shape index (κ2) is 7.51. The van der Waals surface area contributed by atoms with Gasteiger partial charge in [-0.05, 0) is 48.7 Å². The first-order chi connectivity index (χ1) is 13.9. The Labute approximate surface area is 172 Å². The Kier molecular flexibility index (Phi) is 5.04. The first kappa shape index (κ1) is 19.4. The van der Waals surface area contributed by atoms with Gasteiger partial charge in [-0.2, -0.15) is 0 Å². The van der Waals surface area contributed by atoms with Crippen LogP contribution in [0.5, 0.6) is 0 Å². The van der Waals surface area contributed by atoms with Crippen molar-refractivity contribution >= 4 is 32.8 Å². The third-order valence-corrected chi connectivity index (χ3v) is 6.34. The van der Waals surface area contributed by atoms with E-state index in [-0.39, 0.29) is 10.3 Å². The molecule has 0 radical (unpaired) electrons. The number of primary sulfonamides is 1. The minimum atomic E-state index is -3.81. The van der Waals surface area contributed by atoms with Crippen LogP contribution in [0, 0.1) is 0 Å². The van der Waals surface area contributed by atoms with Crippen LogP contribution in [0.3, 0.4) is 0 Å². The highest BCUT2D eigenvalue weighted by Gasteiger charge is 2.20. The second-order valence-corrected chi connectivity index (χ2v) is 8.81. The number of rotatable bonds is 4. The summed E-state index contributed by atoms with van der Waals surface area (Å²) < 4.78 is 29.3. The van der Waals surface area contributed by atoms with Gasteiger partial charge in [0.15, 0.2) is 0 Å². The lowest BCUT2D eigenvalue weighted by atomic mass is 9.98. The van der Waals surface area contributed by atoms with Crippen LogP contribution in [0.4, 0.5) is 0 Å². The molecular formula is C22H17NO4S2. The van der Waals surface area contributed by atoms with Crippen molar-refractivity contribution < 1.29 is 12.8 Å². The van der Waals surface area contributed by atoms with Gasteiger partial charge in [0.25, 0.3) is 0 Å². The predicted molar refractivity (Wildman–Crippen MR) is 117 cm³/mol. The van der Waals surface area contributed by atoms with Crippen molar-refractivity contribution in [2.75, 3.05) is 6.26 Å². The highest BCUT2D eigenvalue weighted by Crippen LogP contribution is 2.37. The van der Waals surface area contributed by atoms with Gasteiger partial charge in [-0.25, -0.2) is 13.6 Å². The standard InChI is InChI=1S/C22H17NO4S2/c1-28-19-9-5-3-7-17(19)20-21(24)16-6-2-4-8-18(16)27-22(20)14-10-12-15(13-11-14)29(23,25)26/h2-13H,1H3,(H2,23,25,26). The summed E-state index contributed by atoms with van der Waals surface area (Å²) in [5.41, 5.74) is 2.13. The van der Waals surface area contributed by atoms with Crippen LogP contribution in [-0.2, 0) is 10.0 Å². The summed E-state index contributed by atoms with van der Waals surface area (Å²) in [4.78, 5) is 14.4. The predicted octanol–water partition coefficient (Wildman–Crippen LogP) is 4.50. The van der Waals surface area contributed by atoms with Crippen molar-refractivity contribution in [2.24, 2.45) is 5.14 Å². The molecule has 0 unspecified atom stereocenters. The van der Waals surface area contributed by atoms with Gasteiger partial charge >= 0.3 is 0 Å². The molecule has 2 N–H and O–H groups in total. The quantitative estimate of drug-likeness (QED) is 0.488. The molecule has 0 amide bonds. The van der Waals surface area contributed by atoms with Gasteiger partial charge in [-0.15, -0.1) is 11.8 Å². The molecule has 4 aromatic rings. The van der Waals surface area contributed by atoms with Crippen LogP contribution in [0.25, 0.3) is 33.4 Å². The smallest absolute Gasteiger partial charge is 0.238 e. The first-order valence-corrected chi connectivity index (χ1v) is 11.5. The van der Waals surface area contributed by atoms with Crippen molar-refractivity contribution in [1.82, 2.24) is 0 Å². The Morgan fingerprint density at radius 2 is 1.55 bits per heavy atom. The van der Waals surface area contributed by atoms with Gasteiger partial charge in [0.1, 0.15) is 11.3 Å². The molecule has 4 rings (SSSR count). The summed E-state index contributed by atoms with van der Waals surface area (Å²) in [7, 11) is -3.81. The molecule has 0 aliphatic rings. The summed E-state index contributed by atoms with van der Waals surface area (Å²) in [6.07, 6.45) is 1.95. The zero-order valence-electron chi connectivity index (χ0n) is 15.5.